The lowest BCUT2D eigenvalue weighted by Gasteiger charge is -2.39. The smallest absolute Gasteiger partial charge is 0.207 e. The summed E-state index contributed by atoms with van der Waals surface area (Å²) in [6, 6.07) is 12.7. The first kappa shape index (κ1) is 18.5. The maximum atomic E-state index is 13.2. The summed E-state index contributed by atoms with van der Waals surface area (Å²) in [5, 5.41) is 0. The predicted molar refractivity (Wildman–Crippen MR) is 98.1 cm³/mol. The van der Waals surface area contributed by atoms with Gasteiger partial charge in [-0.2, -0.15) is 13.2 Å². The summed E-state index contributed by atoms with van der Waals surface area (Å²) in [5.74, 6) is 0.424. The van der Waals surface area contributed by atoms with E-state index in [0.717, 1.165) is 56.6 Å². The van der Waals surface area contributed by atoms with Crippen LogP contribution < -0.4 is 0 Å². The van der Waals surface area contributed by atoms with Crippen molar-refractivity contribution in [3.05, 3.63) is 71.0 Å². The molecule has 1 spiro atoms. The average Bonchev–Trinajstić information content (AvgIpc) is 3.05. The van der Waals surface area contributed by atoms with Gasteiger partial charge in [-0.1, -0.05) is 36.8 Å². The monoisotopic (exact) mass is 376 g/mol. The third kappa shape index (κ3) is 3.90. The zero-order valence-electron chi connectivity index (χ0n) is 15.2. The minimum Gasteiger partial charge on any atom is -0.207 e. The second-order valence-corrected chi connectivity index (χ2v) is 8.41. The lowest BCUT2D eigenvalue weighted by molar-refractivity contribution is -0.137. The molecule has 0 aliphatic heterocycles. The Morgan fingerprint density at radius 1 is 0.815 bits per heavy atom. The highest BCUT2D eigenvalue weighted by Crippen LogP contribution is 2.57. The van der Waals surface area contributed by atoms with Crippen LogP contribution in [-0.4, -0.2) is 0 Å². The van der Waals surface area contributed by atoms with Gasteiger partial charge in [0.1, 0.15) is 5.82 Å². The molecule has 3 unspecified atom stereocenters. The fourth-order valence-corrected chi connectivity index (χ4v) is 5.34. The molecule has 0 aromatic heterocycles. The molecular weight excluding hydrogens is 352 g/mol. The average molecular weight is 376 g/mol. The normalized spacial score (nSPS) is 28.6. The number of benzene rings is 2. The molecule has 2 saturated carbocycles. The Labute approximate surface area is 157 Å². The van der Waals surface area contributed by atoms with Gasteiger partial charge in [-0.15, -0.1) is 0 Å². The van der Waals surface area contributed by atoms with Crippen LogP contribution in [0.4, 0.5) is 17.6 Å². The molecule has 3 atom stereocenters. The maximum absolute atomic E-state index is 13.2. The van der Waals surface area contributed by atoms with Crippen molar-refractivity contribution in [2.24, 2.45) is 5.41 Å². The molecule has 4 rings (SSSR count). The highest BCUT2D eigenvalue weighted by Gasteiger charge is 2.43. The van der Waals surface area contributed by atoms with E-state index in [-0.39, 0.29) is 17.2 Å². The quantitative estimate of drug-likeness (QED) is 0.477. The minimum absolute atomic E-state index is 0.202. The number of hydrogen-bond donors (Lipinski definition) is 0. The first-order valence-electron chi connectivity index (χ1n) is 9.77. The highest BCUT2D eigenvalue weighted by atomic mass is 19.4. The van der Waals surface area contributed by atoms with E-state index in [1.54, 1.807) is 0 Å². The number of rotatable bonds is 2. The van der Waals surface area contributed by atoms with Gasteiger partial charge >= 0.3 is 6.18 Å². The number of alkyl halides is 3. The molecule has 144 valence electrons. The Kier molecular flexibility index (Phi) is 4.77. The Balaban J connectivity index is 1.51. The van der Waals surface area contributed by atoms with E-state index in [2.05, 4.69) is 0 Å². The maximum Gasteiger partial charge on any atom is 0.416 e. The van der Waals surface area contributed by atoms with Gasteiger partial charge in [0.05, 0.1) is 5.56 Å². The summed E-state index contributed by atoms with van der Waals surface area (Å²) < 4.78 is 52.4. The van der Waals surface area contributed by atoms with Crippen LogP contribution in [0.3, 0.4) is 0 Å². The molecule has 2 aliphatic rings. The topological polar surface area (TPSA) is 0 Å². The van der Waals surface area contributed by atoms with Gasteiger partial charge in [0.15, 0.2) is 0 Å². The van der Waals surface area contributed by atoms with Gasteiger partial charge in [-0.25, -0.2) is 4.39 Å². The van der Waals surface area contributed by atoms with Gasteiger partial charge < -0.3 is 0 Å². The molecule has 0 radical (unpaired) electrons. The molecule has 2 aromatic rings. The van der Waals surface area contributed by atoms with Gasteiger partial charge in [0.2, 0.25) is 0 Å². The molecule has 0 saturated heterocycles. The fourth-order valence-electron chi connectivity index (χ4n) is 5.34. The minimum atomic E-state index is -4.29. The molecule has 0 bridgehead atoms. The highest BCUT2D eigenvalue weighted by molar-refractivity contribution is 5.29. The third-order valence-corrected chi connectivity index (χ3v) is 6.67. The van der Waals surface area contributed by atoms with Gasteiger partial charge in [-0.05, 0) is 85.1 Å². The SMILES string of the molecule is Fc1ccc(C2CCC3(CCCC(c4cccc(C(F)(F)F)c4)C3)C2)cc1. The molecule has 0 N–H and O–H groups in total. The van der Waals surface area contributed by atoms with Gasteiger partial charge in [0.25, 0.3) is 0 Å². The lowest BCUT2D eigenvalue weighted by Crippen LogP contribution is -2.25. The molecule has 2 aromatic carbocycles. The molecule has 4 heteroatoms. The lowest BCUT2D eigenvalue weighted by atomic mass is 9.66. The summed E-state index contributed by atoms with van der Waals surface area (Å²) in [4.78, 5) is 0. The van der Waals surface area contributed by atoms with Crippen LogP contribution in [0.2, 0.25) is 0 Å². The summed E-state index contributed by atoms with van der Waals surface area (Å²) in [6.45, 7) is 0. The molecular formula is C23H24F4. The number of halogens is 4. The van der Waals surface area contributed by atoms with Crippen molar-refractivity contribution in [1.29, 1.82) is 0 Å². The van der Waals surface area contributed by atoms with Crippen molar-refractivity contribution in [3.63, 3.8) is 0 Å². The van der Waals surface area contributed by atoms with Gasteiger partial charge in [0, 0.05) is 0 Å². The first-order chi connectivity index (χ1) is 12.8. The van der Waals surface area contributed by atoms with Crippen molar-refractivity contribution in [2.75, 3.05) is 0 Å². The molecule has 0 nitrogen and oxygen atoms in total. The second-order valence-electron chi connectivity index (χ2n) is 8.41. The Bertz CT molecular complexity index is 793. The number of hydrogen-bond acceptors (Lipinski definition) is 0. The van der Waals surface area contributed by atoms with E-state index in [4.69, 9.17) is 0 Å². The summed E-state index contributed by atoms with van der Waals surface area (Å²) in [6.07, 6.45) is 3.12. The Morgan fingerprint density at radius 2 is 1.52 bits per heavy atom. The van der Waals surface area contributed by atoms with Crippen molar-refractivity contribution >= 4 is 0 Å². The molecule has 27 heavy (non-hydrogen) atoms. The molecule has 2 fully saturated rings. The van der Waals surface area contributed by atoms with Crippen LogP contribution in [0, 0.1) is 11.2 Å². The molecule has 2 aliphatic carbocycles. The summed E-state index contributed by atoms with van der Waals surface area (Å²) in [7, 11) is 0. The van der Waals surface area contributed by atoms with Crippen LogP contribution >= 0.6 is 0 Å². The third-order valence-electron chi connectivity index (χ3n) is 6.67. The van der Waals surface area contributed by atoms with E-state index in [9.17, 15) is 17.6 Å². The summed E-state index contributed by atoms with van der Waals surface area (Å²) in [5.41, 5.74) is 1.69. The van der Waals surface area contributed by atoms with Crippen LogP contribution in [0.25, 0.3) is 0 Å². The Hall–Kier alpha value is -1.84. The zero-order chi connectivity index (χ0) is 19.1. The van der Waals surface area contributed by atoms with E-state index in [1.807, 2.05) is 18.2 Å². The van der Waals surface area contributed by atoms with E-state index < -0.39 is 11.7 Å². The van der Waals surface area contributed by atoms with Crippen molar-refractivity contribution in [1.82, 2.24) is 0 Å². The van der Waals surface area contributed by atoms with E-state index in [1.165, 1.54) is 29.8 Å². The van der Waals surface area contributed by atoms with Crippen LogP contribution in [0.5, 0.6) is 0 Å². The van der Waals surface area contributed by atoms with Crippen molar-refractivity contribution < 1.29 is 17.6 Å². The van der Waals surface area contributed by atoms with Crippen LogP contribution in [-0.2, 0) is 6.18 Å². The zero-order valence-corrected chi connectivity index (χ0v) is 15.2. The standard InChI is InChI=1S/C23H24F4/c24-21-8-6-16(7-9-21)19-10-12-22(15-19)11-2-4-18(14-22)17-3-1-5-20(13-17)23(25,26)27/h1,3,5-9,13,18-19H,2,4,10-12,14-15H2. The second kappa shape index (κ2) is 6.96. The van der Waals surface area contributed by atoms with E-state index in [0.29, 0.717) is 5.92 Å². The van der Waals surface area contributed by atoms with Crippen LogP contribution in [0.1, 0.15) is 73.5 Å². The Morgan fingerprint density at radius 3 is 2.22 bits per heavy atom. The van der Waals surface area contributed by atoms with E-state index >= 15 is 0 Å². The first-order valence-corrected chi connectivity index (χ1v) is 9.77. The van der Waals surface area contributed by atoms with Crippen molar-refractivity contribution in [3.8, 4) is 0 Å². The molecule has 0 heterocycles. The predicted octanol–water partition coefficient (Wildman–Crippen LogP) is 7.46. The molecule has 0 amide bonds. The van der Waals surface area contributed by atoms with Crippen molar-refractivity contribution in [2.45, 2.75) is 63.0 Å². The van der Waals surface area contributed by atoms with Crippen LogP contribution in [0.15, 0.2) is 48.5 Å². The van der Waals surface area contributed by atoms with Gasteiger partial charge in [-0.3, -0.25) is 0 Å². The largest absolute Gasteiger partial charge is 0.416 e. The fraction of sp³-hybridized carbons (Fsp3) is 0.478. The summed E-state index contributed by atoms with van der Waals surface area (Å²) >= 11 is 0.